The van der Waals surface area contributed by atoms with Crippen LogP contribution in [0.5, 0.6) is 0 Å². The molecule has 2 N–H and O–H groups in total. The Kier molecular flexibility index (Phi) is 1.81. The fraction of sp³-hybridized carbons (Fsp3) is 0.500. The van der Waals surface area contributed by atoms with Crippen LogP contribution in [0.3, 0.4) is 0 Å². The highest BCUT2D eigenvalue weighted by Gasteiger charge is 2.24. The van der Waals surface area contributed by atoms with Crippen LogP contribution in [0.25, 0.3) is 0 Å². The van der Waals surface area contributed by atoms with Crippen molar-refractivity contribution in [2.45, 2.75) is 26.3 Å². The average Bonchev–Trinajstić information content (AvgIpc) is 1.86. The summed E-state index contributed by atoms with van der Waals surface area (Å²) in [5.41, 5.74) is 5.58. The van der Waals surface area contributed by atoms with Gasteiger partial charge in [0.15, 0.2) is 0 Å². The zero-order valence-corrected chi connectivity index (χ0v) is 7.16. The van der Waals surface area contributed by atoms with Gasteiger partial charge >= 0.3 is 0 Å². The third kappa shape index (κ3) is 1.67. The number of hydrogen-bond donors (Lipinski definition) is 1. The van der Waals surface area contributed by atoms with Gasteiger partial charge in [-0.2, -0.15) is 5.06 Å². The Balaban J connectivity index is 2.76. The monoisotopic (exact) mass is 154 g/mol. The largest absolute Gasteiger partial charge is 0.385 e. The summed E-state index contributed by atoms with van der Waals surface area (Å²) in [5.74, 6) is 0.639. The first kappa shape index (κ1) is 7.98. The molecule has 0 unspecified atom stereocenters. The van der Waals surface area contributed by atoms with Gasteiger partial charge in [0.1, 0.15) is 12.1 Å². The first-order valence-electron chi connectivity index (χ1n) is 3.61. The molecule has 1 aliphatic heterocycles. The van der Waals surface area contributed by atoms with Gasteiger partial charge in [0, 0.05) is 0 Å². The van der Waals surface area contributed by atoms with E-state index < -0.39 is 0 Å². The Hall–Kier alpha value is -1.12. The van der Waals surface area contributed by atoms with Crippen LogP contribution in [-0.2, 0) is 4.84 Å². The van der Waals surface area contributed by atoms with E-state index >= 15 is 0 Å². The summed E-state index contributed by atoms with van der Waals surface area (Å²) in [6, 6.07) is 0. The summed E-state index contributed by atoms with van der Waals surface area (Å²) in [6.07, 6.45) is 5.20. The maximum absolute atomic E-state index is 5.68. The summed E-state index contributed by atoms with van der Waals surface area (Å²) in [5, 5.41) is 1.67. The minimum Gasteiger partial charge on any atom is -0.385 e. The summed E-state index contributed by atoms with van der Waals surface area (Å²) in [6.45, 7) is 6.10. The molecule has 0 radical (unpaired) electrons. The number of nitrogens with two attached hydrogens (primary N) is 1. The molecule has 0 fully saturated rings. The topological polar surface area (TPSA) is 38.5 Å². The lowest BCUT2D eigenvalue weighted by Crippen LogP contribution is -2.42. The molecule has 3 nitrogen and oxygen atoms in total. The third-order valence-electron chi connectivity index (χ3n) is 1.36. The normalized spacial score (nSPS) is 17.7. The van der Waals surface area contributed by atoms with E-state index in [0.29, 0.717) is 5.82 Å². The number of rotatable bonds is 0. The van der Waals surface area contributed by atoms with E-state index in [1.165, 1.54) is 0 Å². The number of allylic oxidation sites excluding steroid dienone is 2. The van der Waals surface area contributed by atoms with Crippen molar-refractivity contribution in [1.82, 2.24) is 5.06 Å². The predicted molar refractivity (Wildman–Crippen MR) is 44.1 cm³/mol. The molecule has 0 spiro atoms. The highest BCUT2D eigenvalue weighted by atomic mass is 16.7. The highest BCUT2D eigenvalue weighted by Crippen LogP contribution is 2.19. The van der Waals surface area contributed by atoms with E-state index in [9.17, 15) is 0 Å². The minimum absolute atomic E-state index is 0.0919. The van der Waals surface area contributed by atoms with Gasteiger partial charge in [-0.25, -0.2) is 0 Å². The van der Waals surface area contributed by atoms with Crippen molar-refractivity contribution >= 4 is 0 Å². The first-order valence-corrected chi connectivity index (χ1v) is 3.61. The van der Waals surface area contributed by atoms with Crippen molar-refractivity contribution in [2.75, 3.05) is 0 Å². The molecule has 62 valence electrons. The van der Waals surface area contributed by atoms with Crippen molar-refractivity contribution in [3.05, 3.63) is 24.2 Å². The van der Waals surface area contributed by atoms with Crippen LogP contribution in [-0.4, -0.2) is 10.6 Å². The molecule has 0 amide bonds. The highest BCUT2D eigenvalue weighted by molar-refractivity contribution is 5.10. The summed E-state index contributed by atoms with van der Waals surface area (Å²) >= 11 is 0. The molecule has 0 aromatic heterocycles. The van der Waals surface area contributed by atoms with Gasteiger partial charge in [-0.15, -0.1) is 0 Å². The Morgan fingerprint density at radius 2 is 2.09 bits per heavy atom. The molecule has 1 rings (SSSR count). The van der Waals surface area contributed by atoms with Crippen LogP contribution in [0.15, 0.2) is 24.2 Å². The second-order valence-corrected chi connectivity index (χ2v) is 3.49. The van der Waals surface area contributed by atoms with Crippen LogP contribution in [0.1, 0.15) is 20.8 Å². The summed E-state index contributed by atoms with van der Waals surface area (Å²) in [4.78, 5) is 5.21. The second kappa shape index (κ2) is 2.49. The van der Waals surface area contributed by atoms with Gasteiger partial charge < -0.3 is 10.6 Å². The van der Waals surface area contributed by atoms with Crippen molar-refractivity contribution in [3.63, 3.8) is 0 Å². The average molecular weight is 154 g/mol. The number of hydroxylamine groups is 2. The third-order valence-corrected chi connectivity index (χ3v) is 1.36. The van der Waals surface area contributed by atoms with E-state index in [1.807, 2.05) is 26.8 Å². The second-order valence-electron chi connectivity index (χ2n) is 3.49. The number of nitrogens with zero attached hydrogens (tertiary/aromatic N) is 1. The van der Waals surface area contributed by atoms with Crippen LogP contribution in [0.2, 0.25) is 0 Å². The van der Waals surface area contributed by atoms with Gasteiger partial charge in [0.25, 0.3) is 0 Å². The smallest absolute Gasteiger partial charge is 0.135 e. The maximum Gasteiger partial charge on any atom is 0.135 e. The zero-order chi connectivity index (χ0) is 8.48. The van der Waals surface area contributed by atoms with Crippen LogP contribution >= 0.6 is 0 Å². The van der Waals surface area contributed by atoms with Crippen molar-refractivity contribution in [3.8, 4) is 0 Å². The molecule has 1 heterocycles. The molecule has 0 aromatic carbocycles. The molecule has 1 aliphatic rings. The van der Waals surface area contributed by atoms with E-state index in [1.54, 1.807) is 17.4 Å². The standard InChI is InChI=1S/C8H14N2O/c1-8(2,3)10-7(9)5-4-6-11-10/h4-6H,9H2,1-3H3. The lowest BCUT2D eigenvalue weighted by molar-refractivity contribution is -0.137. The fourth-order valence-electron chi connectivity index (χ4n) is 0.908. The Morgan fingerprint density at radius 3 is 2.45 bits per heavy atom. The molecule has 11 heavy (non-hydrogen) atoms. The van der Waals surface area contributed by atoms with Gasteiger partial charge in [0.2, 0.25) is 0 Å². The van der Waals surface area contributed by atoms with Gasteiger partial charge in [-0.05, 0) is 32.9 Å². The lowest BCUT2D eigenvalue weighted by atomic mass is 10.1. The Bertz CT molecular complexity index is 201. The predicted octanol–water partition coefficient (Wildman–Crippen LogP) is 1.35. The van der Waals surface area contributed by atoms with E-state index in [2.05, 4.69) is 0 Å². The summed E-state index contributed by atoms with van der Waals surface area (Å²) < 4.78 is 0. The fourth-order valence-corrected chi connectivity index (χ4v) is 0.908. The first-order chi connectivity index (χ1) is 5.02. The molecule has 0 saturated heterocycles. The lowest BCUT2D eigenvalue weighted by Gasteiger charge is -2.35. The van der Waals surface area contributed by atoms with Gasteiger partial charge in [-0.1, -0.05) is 0 Å². The molecular weight excluding hydrogens is 140 g/mol. The van der Waals surface area contributed by atoms with Crippen molar-refractivity contribution in [2.24, 2.45) is 5.73 Å². The molecule has 0 atom stereocenters. The van der Waals surface area contributed by atoms with Crippen LogP contribution in [0.4, 0.5) is 0 Å². The van der Waals surface area contributed by atoms with Crippen LogP contribution < -0.4 is 5.73 Å². The Labute approximate surface area is 67.1 Å². The molecule has 0 aromatic rings. The van der Waals surface area contributed by atoms with Gasteiger partial charge in [-0.3, -0.25) is 0 Å². The van der Waals surface area contributed by atoms with E-state index in [4.69, 9.17) is 10.6 Å². The van der Waals surface area contributed by atoms with Gasteiger partial charge in [0.05, 0.1) is 5.54 Å². The van der Waals surface area contributed by atoms with E-state index in [-0.39, 0.29) is 5.54 Å². The maximum atomic E-state index is 5.68. The molecular formula is C8H14N2O. The Morgan fingerprint density at radius 1 is 1.45 bits per heavy atom. The molecule has 3 heteroatoms. The van der Waals surface area contributed by atoms with Crippen molar-refractivity contribution < 1.29 is 4.84 Å². The number of hydrogen-bond acceptors (Lipinski definition) is 3. The van der Waals surface area contributed by atoms with Crippen LogP contribution in [0, 0.1) is 0 Å². The SMILES string of the molecule is CC(C)(C)N1OC=CC=C1N. The van der Waals surface area contributed by atoms with E-state index in [0.717, 1.165) is 0 Å². The molecule has 0 saturated carbocycles. The minimum atomic E-state index is -0.0919. The zero-order valence-electron chi connectivity index (χ0n) is 7.16. The molecule has 0 aliphatic carbocycles. The quantitative estimate of drug-likeness (QED) is 0.572. The summed E-state index contributed by atoms with van der Waals surface area (Å²) in [7, 11) is 0. The molecule has 0 bridgehead atoms. The van der Waals surface area contributed by atoms with Crippen molar-refractivity contribution in [1.29, 1.82) is 0 Å².